The molecule has 21 heavy (non-hydrogen) atoms. The van der Waals surface area contributed by atoms with E-state index in [1.54, 1.807) is 7.11 Å². The third-order valence-corrected chi connectivity index (χ3v) is 3.84. The van der Waals surface area contributed by atoms with Crippen LogP contribution in [0.1, 0.15) is 28.2 Å². The van der Waals surface area contributed by atoms with Gasteiger partial charge >= 0.3 is 5.97 Å². The number of benzene rings is 2. The van der Waals surface area contributed by atoms with Gasteiger partial charge in [0.05, 0.1) is 13.0 Å². The molecule has 1 atom stereocenters. The Balaban J connectivity index is 2.36. The molecule has 0 radical (unpaired) electrons. The number of ether oxygens (including phenoxy) is 1. The standard InChI is InChI=1S/C18H20O3/c1-12-6-4-5-7-14(12)11-17(18(19)20)16-9-8-15(21-3)10-13(16)2/h4-10,17H,11H2,1-3H3,(H,19,20). The molecule has 0 amide bonds. The summed E-state index contributed by atoms with van der Waals surface area (Å²) >= 11 is 0. The Morgan fingerprint density at radius 3 is 2.43 bits per heavy atom. The summed E-state index contributed by atoms with van der Waals surface area (Å²) < 4.78 is 5.18. The predicted octanol–water partition coefficient (Wildman–Crippen LogP) is 3.72. The third kappa shape index (κ3) is 3.43. The first-order valence-corrected chi connectivity index (χ1v) is 6.94. The van der Waals surface area contributed by atoms with E-state index in [0.29, 0.717) is 6.42 Å². The molecule has 0 saturated heterocycles. The van der Waals surface area contributed by atoms with E-state index in [0.717, 1.165) is 28.0 Å². The van der Waals surface area contributed by atoms with Crippen LogP contribution in [-0.4, -0.2) is 18.2 Å². The first kappa shape index (κ1) is 15.1. The zero-order valence-corrected chi connectivity index (χ0v) is 12.6. The first-order valence-electron chi connectivity index (χ1n) is 6.94. The lowest BCUT2D eigenvalue weighted by molar-refractivity contribution is -0.138. The van der Waals surface area contributed by atoms with Gasteiger partial charge in [0.25, 0.3) is 0 Å². The van der Waals surface area contributed by atoms with Crippen molar-refractivity contribution < 1.29 is 14.6 Å². The Labute approximate surface area is 125 Å². The average molecular weight is 284 g/mol. The normalized spacial score (nSPS) is 12.0. The smallest absolute Gasteiger partial charge is 0.311 e. The van der Waals surface area contributed by atoms with Gasteiger partial charge in [-0.2, -0.15) is 0 Å². The fourth-order valence-electron chi connectivity index (χ4n) is 2.56. The molecule has 2 aromatic carbocycles. The molecule has 3 heteroatoms. The summed E-state index contributed by atoms with van der Waals surface area (Å²) in [5, 5.41) is 9.60. The van der Waals surface area contributed by atoms with Crippen LogP contribution in [0.4, 0.5) is 0 Å². The number of methoxy groups -OCH3 is 1. The molecule has 3 nitrogen and oxygen atoms in total. The van der Waals surface area contributed by atoms with Gasteiger partial charge in [-0.25, -0.2) is 0 Å². The monoisotopic (exact) mass is 284 g/mol. The molecule has 1 N–H and O–H groups in total. The second-order valence-electron chi connectivity index (χ2n) is 5.24. The number of carbonyl (C=O) groups is 1. The Kier molecular flexibility index (Phi) is 4.63. The van der Waals surface area contributed by atoms with E-state index in [-0.39, 0.29) is 0 Å². The van der Waals surface area contributed by atoms with E-state index < -0.39 is 11.9 Å². The van der Waals surface area contributed by atoms with E-state index in [1.165, 1.54) is 0 Å². The maximum Gasteiger partial charge on any atom is 0.311 e. The van der Waals surface area contributed by atoms with Gasteiger partial charge in [0.15, 0.2) is 0 Å². The molecule has 2 rings (SSSR count). The summed E-state index contributed by atoms with van der Waals surface area (Å²) in [6, 6.07) is 13.5. The van der Waals surface area contributed by atoms with Crippen molar-refractivity contribution in [2.45, 2.75) is 26.2 Å². The van der Waals surface area contributed by atoms with Crippen LogP contribution in [0, 0.1) is 13.8 Å². The molecule has 1 unspecified atom stereocenters. The summed E-state index contributed by atoms with van der Waals surface area (Å²) in [6.45, 7) is 3.93. The molecule has 0 bridgehead atoms. The number of aryl methyl sites for hydroxylation is 2. The lowest BCUT2D eigenvalue weighted by Crippen LogP contribution is -2.16. The minimum atomic E-state index is -0.800. The largest absolute Gasteiger partial charge is 0.497 e. The lowest BCUT2D eigenvalue weighted by atomic mass is 9.88. The van der Waals surface area contributed by atoms with Crippen molar-refractivity contribution in [2.24, 2.45) is 0 Å². The molecule has 0 saturated carbocycles. The molecule has 0 aliphatic heterocycles. The number of hydrogen-bond acceptors (Lipinski definition) is 2. The maximum absolute atomic E-state index is 11.7. The van der Waals surface area contributed by atoms with E-state index in [9.17, 15) is 9.90 Å². The van der Waals surface area contributed by atoms with Crippen molar-refractivity contribution in [1.82, 2.24) is 0 Å². The zero-order chi connectivity index (χ0) is 15.4. The molecule has 0 spiro atoms. The van der Waals surface area contributed by atoms with Gasteiger partial charge in [-0.15, -0.1) is 0 Å². The molecular formula is C18H20O3. The van der Waals surface area contributed by atoms with E-state index in [4.69, 9.17) is 4.74 Å². The van der Waals surface area contributed by atoms with Crippen LogP contribution < -0.4 is 4.74 Å². The van der Waals surface area contributed by atoms with Gasteiger partial charge in [0.1, 0.15) is 5.75 Å². The zero-order valence-electron chi connectivity index (χ0n) is 12.6. The van der Waals surface area contributed by atoms with Crippen LogP contribution in [0.25, 0.3) is 0 Å². The molecule has 0 aliphatic rings. The van der Waals surface area contributed by atoms with Gasteiger partial charge < -0.3 is 9.84 Å². The van der Waals surface area contributed by atoms with Gasteiger partial charge in [-0.3, -0.25) is 4.79 Å². The summed E-state index contributed by atoms with van der Waals surface area (Å²) in [4.78, 5) is 11.7. The fraction of sp³-hybridized carbons (Fsp3) is 0.278. The molecule has 0 fully saturated rings. The minimum absolute atomic E-state index is 0.495. The number of aliphatic carboxylic acids is 1. The number of hydrogen-bond donors (Lipinski definition) is 1. The van der Waals surface area contributed by atoms with Crippen molar-refractivity contribution in [3.63, 3.8) is 0 Å². The highest BCUT2D eigenvalue weighted by molar-refractivity contribution is 5.77. The minimum Gasteiger partial charge on any atom is -0.497 e. The highest BCUT2D eigenvalue weighted by Crippen LogP contribution is 2.28. The van der Waals surface area contributed by atoms with Crippen molar-refractivity contribution >= 4 is 5.97 Å². The molecule has 0 aromatic heterocycles. The Bertz CT molecular complexity index is 647. The van der Waals surface area contributed by atoms with Crippen molar-refractivity contribution in [1.29, 1.82) is 0 Å². The summed E-state index contributed by atoms with van der Waals surface area (Å²) in [5.41, 5.74) is 3.97. The average Bonchev–Trinajstić information content (AvgIpc) is 2.46. The van der Waals surface area contributed by atoms with Crippen LogP contribution >= 0.6 is 0 Å². The topological polar surface area (TPSA) is 46.5 Å². The quantitative estimate of drug-likeness (QED) is 0.910. The highest BCUT2D eigenvalue weighted by atomic mass is 16.5. The van der Waals surface area contributed by atoms with E-state index in [1.807, 2.05) is 56.3 Å². The second kappa shape index (κ2) is 6.44. The summed E-state index contributed by atoms with van der Waals surface area (Å²) in [7, 11) is 1.61. The van der Waals surface area contributed by atoms with Crippen LogP contribution in [-0.2, 0) is 11.2 Å². The van der Waals surface area contributed by atoms with Crippen molar-refractivity contribution in [2.75, 3.05) is 7.11 Å². The van der Waals surface area contributed by atoms with Crippen LogP contribution in [0.5, 0.6) is 5.75 Å². The second-order valence-corrected chi connectivity index (χ2v) is 5.24. The van der Waals surface area contributed by atoms with Crippen LogP contribution in [0.3, 0.4) is 0 Å². The van der Waals surface area contributed by atoms with Gasteiger partial charge in [0, 0.05) is 0 Å². The molecule has 110 valence electrons. The Morgan fingerprint density at radius 1 is 1.14 bits per heavy atom. The molecule has 2 aromatic rings. The van der Waals surface area contributed by atoms with Gasteiger partial charge in [-0.1, -0.05) is 30.3 Å². The van der Waals surface area contributed by atoms with Gasteiger partial charge in [0.2, 0.25) is 0 Å². The summed E-state index contributed by atoms with van der Waals surface area (Å²) in [6.07, 6.45) is 0.495. The number of rotatable bonds is 5. The first-order chi connectivity index (χ1) is 10.0. The van der Waals surface area contributed by atoms with Crippen molar-refractivity contribution in [3.05, 3.63) is 64.7 Å². The summed E-state index contributed by atoms with van der Waals surface area (Å²) in [5.74, 6) is -0.597. The molecule has 0 heterocycles. The van der Waals surface area contributed by atoms with Crippen LogP contribution in [0.15, 0.2) is 42.5 Å². The number of carboxylic acid groups (broad SMARTS) is 1. The number of carboxylic acids is 1. The van der Waals surface area contributed by atoms with Crippen molar-refractivity contribution in [3.8, 4) is 5.75 Å². The van der Waals surface area contributed by atoms with E-state index in [2.05, 4.69) is 0 Å². The van der Waals surface area contributed by atoms with Gasteiger partial charge in [-0.05, 0) is 54.7 Å². The molecular weight excluding hydrogens is 264 g/mol. The van der Waals surface area contributed by atoms with Crippen LogP contribution in [0.2, 0.25) is 0 Å². The maximum atomic E-state index is 11.7. The lowest BCUT2D eigenvalue weighted by Gasteiger charge is -2.17. The highest BCUT2D eigenvalue weighted by Gasteiger charge is 2.22. The predicted molar refractivity (Wildman–Crippen MR) is 83.0 cm³/mol. The fourth-order valence-corrected chi connectivity index (χ4v) is 2.56. The van der Waals surface area contributed by atoms with E-state index >= 15 is 0 Å². The third-order valence-electron chi connectivity index (χ3n) is 3.84. The molecule has 0 aliphatic carbocycles. The Hall–Kier alpha value is -2.29. The SMILES string of the molecule is COc1ccc(C(Cc2ccccc2C)C(=O)O)c(C)c1. The Morgan fingerprint density at radius 2 is 1.86 bits per heavy atom.